The molecule has 1 saturated heterocycles. The molecular weight excluding hydrogens is 366 g/mol. The van der Waals surface area contributed by atoms with Gasteiger partial charge in [0.1, 0.15) is 0 Å². The molecule has 3 heterocycles. The van der Waals surface area contributed by atoms with E-state index in [0.717, 1.165) is 40.8 Å². The summed E-state index contributed by atoms with van der Waals surface area (Å²) in [5, 5.41) is 1.65. The Morgan fingerprint density at radius 1 is 1.07 bits per heavy atom. The Balaban J connectivity index is 1.58. The number of fused-ring (bicyclic) bond motifs is 2. The van der Waals surface area contributed by atoms with Crippen molar-refractivity contribution in [2.24, 2.45) is 4.99 Å². The van der Waals surface area contributed by atoms with Gasteiger partial charge in [-0.3, -0.25) is 24.4 Å². The number of rotatable bonds is 3. The second-order valence-corrected chi connectivity index (χ2v) is 8.59. The van der Waals surface area contributed by atoms with Gasteiger partial charge in [0.2, 0.25) is 0 Å². The van der Waals surface area contributed by atoms with E-state index in [1.54, 1.807) is 0 Å². The number of benzene rings is 2. The van der Waals surface area contributed by atoms with Crippen molar-refractivity contribution in [3.8, 4) is 0 Å². The van der Waals surface area contributed by atoms with Crippen molar-refractivity contribution in [2.45, 2.75) is 26.2 Å². The first-order valence-electron chi connectivity index (χ1n) is 10.2. The molecule has 29 heavy (non-hydrogen) atoms. The van der Waals surface area contributed by atoms with Gasteiger partial charge in [0, 0.05) is 59.2 Å². The molecule has 150 valence electrons. The molecule has 0 aromatic heterocycles. The summed E-state index contributed by atoms with van der Waals surface area (Å²) in [4.78, 5) is 35.1. The predicted octanol–water partition coefficient (Wildman–Crippen LogP) is 3.15. The fourth-order valence-corrected chi connectivity index (χ4v) is 4.57. The maximum absolute atomic E-state index is 13.4. The number of carbonyl (C=O) groups excluding carboxylic acids is 2. The lowest BCUT2D eigenvalue weighted by Gasteiger charge is -2.32. The average Bonchev–Trinajstić information content (AvgIpc) is 2.95. The summed E-state index contributed by atoms with van der Waals surface area (Å²) in [6.45, 7) is 10.4. The Labute approximate surface area is 170 Å². The molecule has 0 spiro atoms. The summed E-state index contributed by atoms with van der Waals surface area (Å²) < 4.78 is 5.39. The molecule has 6 nitrogen and oxygen atoms in total. The van der Waals surface area contributed by atoms with Gasteiger partial charge in [-0.25, -0.2) is 0 Å². The Hall–Kier alpha value is -2.57. The normalized spacial score (nSPS) is 20.9. The summed E-state index contributed by atoms with van der Waals surface area (Å²) in [5.74, 6) is -0.408. The van der Waals surface area contributed by atoms with Gasteiger partial charge in [-0.05, 0) is 24.6 Å². The van der Waals surface area contributed by atoms with E-state index >= 15 is 0 Å². The van der Waals surface area contributed by atoms with Crippen LogP contribution < -0.4 is 0 Å². The topological polar surface area (TPSA) is 62.2 Å². The summed E-state index contributed by atoms with van der Waals surface area (Å²) in [7, 11) is 0. The number of morpholine rings is 1. The van der Waals surface area contributed by atoms with Crippen molar-refractivity contribution >= 4 is 34.0 Å². The molecule has 3 aliphatic heterocycles. The molecule has 3 aliphatic rings. The standard InChI is InChI=1S/C23H25N3O3/c1-14-23(2,3)18-13-17-19-15(20(18)24-14)5-4-6-16(19)21(27)26(22(17)28)8-7-25-9-11-29-12-10-25/h4-6,13H,7-12H2,1-3H3. The van der Waals surface area contributed by atoms with E-state index in [-0.39, 0.29) is 17.2 Å². The third kappa shape index (κ3) is 2.66. The van der Waals surface area contributed by atoms with Crippen LogP contribution in [0.1, 0.15) is 47.1 Å². The van der Waals surface area contributed by atoms with Gasteiger partial charge in [0.05, 0.1) is 18.9 Å². The van der Waals surface area contributed by atoms with Crippen molar-refractivity contribution in [1.82, 2.24) is 9.80 Å². The second-order valence-electron chi connectivity index (χ2n) is 8.59. The third-order valence-electron chi connectivity index (χ3n) is 6.68. The molecule has 5 rings (SSSR count). The van der Waals surface area contributed by atoms with Crippen molar-refractivity contribution in [1.29, 1.82) is 0 Å². The summed E-state index contributed by atoms with van der Waals surface area (Å²) in [6.07, 6.45) is 0. The quantitative estimate of drug-likeness (QED) is 0.754. The number of carbonyl (C=O) groups is 2. The molecular formula is C23H25N3O3. The number of nitrogens with zero attached hydrogens (tertiary/aromatic N) is 3. The van der Waals surface area contributed by atoms with E-state index < -0.39 is 0 Å². The molecule has 6 heteroatoms. The molecule has 2 aromatic rings. The molecule has 0 radical (unpaired) electrons. The van der Waals surface area contributed by atoms with Gasteiger partial charge < -0.3 is 4.74 Å². The van der Waals surface area contributed by atoms with E-state index in [4.69, 9.17) is 9.73 Å². The molecule has 0 aliphatic carbocycles. The fraction of sp³-hybridized carbons (Fsp3) is 0.435. The van der Waals surface area contributed by atoms with Crippen LogP contribution in [-0.4, -0.2) is 66.7 Å². The van der Waals surface area contributed by atoms with Gasteiger partial charge in [0.25, 0.3) is 11.8 Å². The van der Waals surface area contributed by atoms with E-state index in [0.29, 0.717) is 37.4 Å². The zero-order chi connectivity index (χ0) is 20.3. The third-order valence-corrected chi connectivity index (χ3v) is 6.68. The maximum atomic E-state index is 13.4. The Bertz CT molecular complexity index is 1080. The number of amides is 2. The van der Waals surface area contributed by atoms with Crippen molar-refractivity contribution in [2.75, 3.05) is 39.4 Å². The molecule has 0 bridgehead atoms. The average molecular weight is 391 g/mol. The van der Waals surface area contributed by atoms with Crippen LogP contribution in [0, 0.1) is 0 Å². The lowest BCUT2D eigenvalue weighted by Crippen LogP contribution is -2.46. The molecule has 2 amide bonds. The second kappa shape index (κ2) is 6.47. The number of ether oxygens (including phenoxy) is 1. The molecule has 1 fully saturated rings. The maximum Gasteiger partial charge on any atom is 0.261 e. The smallest absolute Gasteiger partial charge is 0.261 e. The molecule has 0 unspecified atom stereocenters. The minimum Gasteiger partial charge on any atom is -0.379 e. The summed E-state index contributed by atoms with van der Waals surface area (Å²) in [6, 6.07) is 7.66. The highest BCUT2D eigenvalue weighted by Gasteiger charge is 2.39. The van der Waals surface area contributed by atoms with Crippen molar-refractivity contribution < 1.29 is 14.3 Å². The fourth-order valence-electron chi connectivity index (χ4n) is 4.57. The SMILES string of the molecule is CC1=Nc2c(cc3c4c(cccc24)C(=O)N(CCN2CCOCC2)C3=O)C1(C)C. The number of imide groups is 1. The van der Waals surface area contributed by atoms with Gasteiger partial charge in [0.15, 0.2) is 0 Å². The minimum atomic E-state index is -0.226. The predicted molar refractivity (Wildman–Crippen MR) is 112 cm³/mol. The molecule has 0 N–H and O–H groups in total. The van der Waals surface area contributed by atoms with Crippen LogP contribution in [0.2, 0.25) is 0 Å². The lowest BCUT2D eigenvalue weighted by atomic mass is 9.79. The first-order chi connectivity index (χ1) is 13.9. The summed E-state index contributed by atoms with van der Waals surface area (Å²) >= 11 is 0. The zero-order valence-electron chi connectivity index (χ0n) is 17.1. The Morgan fingerprint density at radius 3 is 2.55 bits per heavy atom. The lowest BCUT2D eigenvalue weighted by molar-refractivity contribution is 0.0316. The van der Waals surface area contributed by atoms with Gasteiger partial charge in [-0.2, -0.15) is 0 Å². The van der Waals surface area contributed by atoms with Gasteiger partial charge in [-0.15, -0.1) is 0 Å². The summed E-state index contributed by atoms with van der Waals surface area (Å²) in [5.41, 5.74) is 3.98. The van der Waals surface area contributed by atoms with Crippen LogP contribution in [0.5, 0.6) is 0 Å². The molecule has 0 saturated carbocycles. The highest BCUT2D eigenvalue weighted by Crippen LogP contribution is 2.47. The highest BCUT2D eigenvalue weighted by atomic mass is 16.5. The number of hydrogen-bond acceptors (Lipinski definition) is 5. The van der Waals surface area contributed by atoms with Crippen LogP contribution in [-0.2, 0) is 10.2 Å². The van der Waals surface area contributed by atoms with E-state index in [2.05, 4.69) is 18.7 Å². The van der Waals surface area contributed by atoms with Gasteiger partial charge in [-0.1, -0.05) is 26.0 Å². The zero-order valence-corrected chi connectivity index (χ0v) is 17.1. The first kappa shape index (κ1) is 18.5. The molecule has 0 atom stereocenters. The Morgan fingerprint density at radius 2 is 1.79 bits per heavy atom. The Kier molecular flexibility index (Phi) is 4.12. The van der Waals surface area contributed by atoms with Crippen LogP contribution in [0.15, 0.2) is 29.3 Å². The van der Waals surface area contributed by atoms with Crippen molar-refractivity contribution in [3.63, 3.8) is 0 Å². The number of aliphatic imine (C=N–C) groups is 1. The highest BCUT2D eigenvalue weighted by molar-refractivity contribution is 6.27. The van der Waals surface area contributed by atoms with Crippen LogP contribution in [0.25, 0.3) is 10.8 Å². The van der Waals surface area contributed by atoms with E-state index in [9.17, 15) is 9.59 Å². The monoisotopic (exact) mass is 391 g/mol. The molecule has 2 aromatic carbocycles. The van der Waals surface area contributed by atoms with Crippen LogP contribution in [0.3, 0.4) is 0 Å². The minimum absolute atomic E-state index is 0.199. The van der Waals surface area contributed by atoms with Crippen LogP contribution in [0.4, 0.5) is 5.69 Å². The van der Waals surface area contributed by atoms with Crippen molar-refractivity contribution in [3.05, 3.63) is 41.0 Å². The first-order valence-corrected chi connectivity index (χ1v) is 10.2. The van der Waals surface area contributed by atoms with E-state index in [1.807, 2.05) is 31.2 Å². The number of hydrogen-bond donors (Lipinski definition) is 0. The van der Waals surface area contributed by atoms with E-state index in [1.165, 1.54) is 4.90 Å². The van der Waals surface area contributed by atoms with Gasteiger partial charge >= 0.3 is 0 Å². The van der Waals surface area contributed by atoms with Crippen LogP contribution >= 0.6 is 0 Å². The largest absolute Gasteiger partial charge is 0.379 e.